The number of hydrogen-bond acceptors (Lipinski definition) is 22. The number of carboxylic acids is 2. The molecule has 6 fully saturated rings. The van der Waals surface area contributed by atoms with Crippen LogP contribution in [-0.2, 0) is 19.2 Å². The van der Waals surface area contributed by atoms with E-state index in [1.165, 1.54) is 11.4 Å². The molecule has 2 amide bonds. The van der Waals surface area contributed by atoms with E-state index in [-0.39, 0.29) is 92.2 Å². The number of nitrogens with zero attached hydrogens (tertiary/aromatic N) is 12. The molecule has 97 heavy (non-hydrogen) atoms. The second kappa shape index (κ2) is 37.1. The number of carbonyl (C=O) groups excluding carboxylic acids is 2. The van der Waals surface area contributed by atoms with E-state index in [1.807, 2.05) is 24.3 Å². The van der Waals surface area contributed by atoms with Gasteiger partial charge in [0.05, 0.1) is 48.5 Å². The van der Waals surface area contributed by atoms with Crippen molar-refractivity contribution in [3.63, 3.8) is 0 Å². The fraction of sp³-hybridized carbons (Fsp3) is 0.492. The Balaban J connectivity index is 0.000000174. The van der Waals surface area contributed by atoms with Crippen LogP contribution in [0.4, 0.5) is 63.7 Å². The lowest BCUT2D eigenvalue weighted by atomic mass is 10.0. The molecule has 526 valence electrons. The van der Waals surface area contributed by atoms with Gasteiger partial charge in [0.25, 0.3) is 0 Å². The van der Waals surface area contributed by atoms with Crippen molar-refractivity contribution in [1.29, 1.82) is 0 Å². The van der Waals surface area contributed by atoms with Gasteiger partial charge in [-0.1, -0.05) is 37.3 Å². The molecule has 4 saturated carbocycles. The summed E-state index contributed by atoms with van der Waals surface area (Å²) in [6, 6.07) is 13.5. The summed E-state index contributed by atoms with van der Waals surface area (Å²) >= 11 is 21.6. The van der Waals surface area contributed by atoms with Crippen LogP contribution in [0.3, 0.4) is 0 Å². The number of nitrogens with two attached hydrogens (primary N) is 4. The summed E-state index contributed by atoms with van der Waals surface area (Å²) in [5.74, 6) is -5.82. The molecule has 2 saturated heterocycles. The number of carboxylic acid groups (broad SMARTS) is 2. The predicted molar refractivity (Wildman–Crippen MR) is 366 cm³/mol. The highest BCUT2D eigenvalue weighted by atomic mass is 35.5. The number of benzene rings is 2. The monoisotopic (exact) mass is 1430 g/mol. The number of aliphatic carboxylic acids is 2. The zero-order valence-electron chi connectivity index (χ0n) is 53.8. The number of nitrogen functional groups attached to an aromatic ring is 1. The Morgan fingerprint density at radius 2 is 0.928 bits per heavy atom. The van der Waals surface area contributed by atoms with Crippen molar-refractivity contribution < 1.29 is 47.0 Å². The number of piperazine rings is 2. The highest BCUT2D eigenvalue weighted by Crippen LogP contribution is 2.33. The van der Waals surface area contributed by atoms with Crippen molar-refractivity contribution in [2.24, 2.45) is 40.9 Å². The van der Waals surface area contributed by atoms with E-state index >= 15 is 0 Å². The number of amides is 2. The van der Waals surface area contributed by atoms with Gasteiger partial charge in [-0.25, -0.2) is 42.5 Å². The topological polar surface area (TPSA) is 377 Å². The highest BCUT2D eigenvalue weighted by molar-refractivity contribution is 6.31. The van der Waals surface area contributed by atoms with Gasteiger partial charge in [-0.2, -0.15) is 15.0 Å². The SMILES string of the molecule is CN1CCN(c2ccc(N)cc2)CC1.Cc1cc(Nc2ncc(F)c(N[C@@H]3CCC[C@@H]3C(N)=O)n2)ccc1N1CCN(C)CC1.Fc1cnc(Cl)nc1Cl.NC(=O)[C@H]1CCC[C@H]1Nc1nc(Cl)ncc1F.N[C@@H]1CCC[C@@H]1C(=O)O.O=C(O)[C@H]1CCC[C@H]1Nc1nc(Cl)ncc1F. The molecule has 4 aromatic heterocycles. The van der Waals surface area contributed by atoms with Crippen molar-refractivity contribution >= 4 is 116 Å². The maximum absolute atomic E-state index is 14.3. The predicted octanol–water partition coefficient (Wildman–Crippen LogP) is 8.90. The van der Waals surface area contributed by atoms with Crippen LogP contribution in [0.5, 0.6) is 0 Å². The third-order valence-corrected chi connectivity index (χ3v) is 18.2. The average Bonchev–Trinajstić information content (AvgIpc) is 1.89. The van der Waals surface area contributed by atoms with Crippen LogP contribution >= 0.6 is 46.4 Å². The van der Waals surface area contributed by atoms with Crippen molar-refractivity contribution in [2.75, 3.05) is 103 Å². The van der Waals surface area contributed by atoms with Gasteiger partial charge in [0, 0.05) is 99.3 Å². The van der Waals surface area contributed by atoms with E-state index in [0.717, 1.165) is 145 Å². The van der Waals surface area contributed by atoms with Crippen molar-refractivity contribution in [1.82, 2.24) is 49.7 Å². The lowest BCUT2D eigenvalue weighted by Crippen LogP contribution is -2.44. The summed E-state index contributed by atoms with van der Waals surface area (Å²) in [4.78, 5) is 83.1. The van der Waals surface area contributed by atoms with Crippen LogP contribution in [0.1, 0.15) is 82.6 Å². The number of hydrogen-bond donors (Lipinski definition) is 10. The first kappa shape index (κ1) is 76.4. The molecule has 4 aliphatic carbocycles. The Kier molecular flexibility index (Phi) is 29.2. The normalized spacial score (nSPS) is 22.1. The van der Waals surface area contributed by atoms with Gasteiger partial charge in [-0.15, -0.1) is 0 Å². The summed E-state index contributed by atoms with van der Waals surface area (Å²) in [6.45, 7) is 10.7. The van der Waals surface area contributed by atoms with Gasteiger partial charge in [0.1, 0.15) is 0 Å². The van der Waals surface area contributed by atoms with Crippen LogP contribution in [-0.4, -0.2) is 174 Å². The smallest absolute Gasteiger partial charge is 0.308 e. The Morgan fingerprint density at radius 3 is 1.35 bits per heavy atom. The largest absolute Gasteiger partial charge is 0.481 e. The number of aryl methyl sites for hydroxylation is 1. The lowest BCUT2D eigenvalue weighted by molar-refractivity contribution is -0.142. The molecule has 14 N–H and O–H groups in total. The number of anilines is 8. The van der Waals surface area contributed by atoms with Crippen LogP contribution in [0.2, 0.25) is 21.0 Å². The Hall–Kier alpha value is -8.00. The van der Waals surface area contributed by atoms with Crippen molar-refractivity contribution in [2.45, 2.75) is 108 Å². The van der Waals surface area contributed by atoms with Crippen LogP contribution in [0, 0.1) is 53.9 Å². The van der Waals surface area contributed by atoms with Gasteiger partial charge >= 0.3 is 11.9 Å². The maximum Gasteiger partial charge on any atom is 0.308 e. The number of carbonyl (C=O) groups is 4. The van der Waals surface area contributed by atoms with E-state index in [4.69, 9.17) is 79.6 Å². The maximum atomic E-state index is 14.3. The summed E-state index contributed by atoms with van der Waals surface area (Å²) in [5.41, 5.74) is 27.2. The highest BCUT2D eigenvalue weighted by Gasteiger charge is 2.36. The van der Waals surface area contributed by atoms with Crippen LogP contribution in [0.15, 0.2) is 67.3 Å². The van der Waals surface area contributed by atoms with Gasteiger partial charge in [-0.3, -0.25) is 19.2 Å². The Labute approximate surface area is 579 Å². The molecular weight excluding hydrogens is 1350 g/mol. The molecular formula is C63H82Cl4F4N20O6. The second-order valence-electron chi connectivity index (χ2n) is 24.2. The summed E-state index contributed by atoms with van der Waals surface area (Å²) in [6.07, 6.45) is 13.4. The number of likely N-dealkylation sites (N-methyl/N-ethyl adjacent to an activating group) is 2. The zero-order chi connectivity index (χ0) is 70.5. The van der Waals surface area contributed by atoms with E-state index < -0.39 is 41.1 Å². The molecule has 0 spiro atoms. The molecule has 6 aromatic rings. The average molecular weight is 1430 g/mol. The minimum absolute atomic E-state index is 0.0168. The lowest BCUT2D eigenvalue weighted by Gasteiger charge is -2.35. The summed E-state index contributed by atoms with van der Waals surface area (Å²) in [5, 5.41) is 29.0. The van der Waals surface area contributed by atoms with Crippen molar-refractivity contribution in [3.05, 3.63) is 117 Å². The van der Waals surface area contributed by atoms with E-state index in [2.05, 4.69) is 120 Å². The summed E-state index contributed by atoms with van der Waals surface area (Å²) < 4.78 is 53.2. The molecule has 34 heteroatoms. The van der Waals surface area contributed by atoms with E-state index in [9.17, 15) is 36.7 Å². The third kappa shape index (κ3) is 23.3. The molecule has 8 atom stereocenters. The molecule has 0 radical (unpaired) electrons. The second-order valence-corrected chi connectivity index (χ2v) is 25.6. The minimum Gasteiger partial charge on any atom is -0.481 e. The fourth-order valence-electron chi connectivity index (χ4n) is 12.0. The minimum atomic E-state index is -0.874. The van der Waals surface area contributed by atoms with Crippen molar-refractivity contribution in [3.8, 4) is 0 Å². The first-order valence-corrected chi connectivity index (χ1v) is 33.2. The molecule has 26 nitrogen and oxygen atoms in total. The molecule has 2 aliphatic heterocycles. The van der Waals surface area contributed by atoms with Crippen LogP contribution in [0.25, 0.3) is 0 Å². The first-order chi connectivity index (χ1) is 46.2. The fourth-order valence-corrected chi connectivity index (χ4v) is 12.5. The standard InChI is InChI=1S/C22H30FN7O.C11H17N3.C10H12ClFN4O.C10H11ClFN3O2.C6H11NO2.C4HCl2FN2/c1-14-12-15(6-7-19(14)30-10-8-29(2)9-11-30)26-22-25-13-17(23)21(28-22)27-18-5-3-4-16(18)20(24)31;1-13-6-8-14(9-7-13)11-4-2-10(12)3-5-11;11-10-14-4-6(12)9(16-10)15-7-3-1-2-5(7)8(13)17;11-10-13-4-6(12)8(15-10)14-7-3-1-2-5(7)9(16)17;7-5-3-1-2-4(5)6(8)9;5-3-2(7)1-8-4(6)9-3/h6-7,12-13,16,18H,3-5,8-11H2,1-2H3,(H2,24,31)(H2,25,26,27,28);2-5H,6-9,12H2,1H3;4-5,7H,1-3H2,(H2,13,17)(H,14,15,16);4-5,7H,1-3H2,(H,16,17)(H,13,14,15);4-5H,1-3,7H2,(H,8,9);1H/t16-,18+;;2*5-,7+;4-,5+;/m0.000./s1. The number of halogens is 8. The van der Waals surface area contributed by atoms with Gasteiger partial charge in [0.15, 0.2) is 45.9 Å². The molecule has 6 heterocycles. The molecule has 2 aromatic carbocycles. The number of primary amides is 2. The number of aromatic nitrogens is 8. The van der Waals surface area contributed by atoms with E-state index in [0.29, 0.717) is 31.6 Å². The molecule has 0 bridgehead atoms. The first-order valence-electron chi connectivity index (χ1n) is 31.6. The Morgan fingerprint density at radius 1 is 0.515 bits per heavy atom. The number of nitrogens with one attached hydrogen (secondary N) is 4. The summed E-state index contributed by atoms with van der Waals surface area (Å²) in [7, 11) is 4.31. The molecule has 0 unspecified atom stereocenters. The third-order valence-electron chi connectivity index (χ3n) is 17.4. The molecule has 6 aliphatic rings. The van der Waals surface area contributed by atoms with Crippen LogP contribution < -0.4 is 54.0 Å². The van der Waals surface area contributed by atoms with Gasteiger partial charge in [0.2, 0.25) is 33.6 Å². The molecule has 12 rings (SSSR count). The quantitative estimate of drug-likeness (QED) is 0.0210. The number of rotatable bonds is 14. The Bertz CT molecular complexity index is 3510. The van der Waals surface area contributed by atoms with Gasteiger partial charge in [-0.05, 0) is 155 Å². The van der Waals surface area contributed by atoms with E-state index in [1.54, 1.807) is 0 Å². The van der Waals surface area contributed by atoms with Gasteiger partial charge < -0.3 is 74.0 Å². The zero-order valence-corrected chi connectivity index (χ0v) is 56.9.